The van der Waals surface area contributed by atoms with E-state index in [2.05, 4.69) is 5.32 Å². The fourth-order valence-corrected chi connectivity index (χ4v) is 3.90. The molecule has 0 aliphatic heterocycles. The summed E-state index contributed by atoms with van der Waals surface area (Å²) < 4.78 is 89.9. The molecule has 12 heteroatoms. The lowest BCUT2D eigenvalue weighted by molar-refractivity contribution is -0.143. The number of nitrogens with two attached hydrogens (primary N) is 1. The van der Waals surface area contributed by atoms with Gasteiger partial charge < -0.3 is 11.1 Å². The van der Waals surface area contributed by atoms with E-state index in [0.29, 0.717) is 17.0 Å². The summed E-state index contributed by atoms with van der Waals surface area (Å²) in [5.74, 6) is -2.05. The lowest BCUT2D eigenvalue weighted by Gasteiger charge is -2.17. The molecule has 0 aliphatic carbocycles. The summed E-state index contributed by atoms with van der Waals surface area (Å²) in [6, 6.07) is 7.73. The van der Waals surface area contributed by atoms with Crippen LogP contribution >= 0.6 is 0 Å². The number of nitrogens with one attached hydrogen (secondary N) is 1. The van der Waals surface area contributed by atoms with Gasteiger partial charge in [-0.15, -0.1) is 0 Å². The molecular formula is C20H18F6N2O3S. The first-order valence-electron chi connectivity index (χ1n) is 9.08. The van der Waals surface area contributed by atoms with Crippen molar-refractivity contribution in [3.8, 4) is 0 Å². The molecule has 0 spiro atoms. The van der Waals surface area contributed by atoms with Gasteiger partial charge in [0, 0.05) is 10.6 Å². The Morgan fingerprint density at radius 2 is 1.47 bits per heavy atom. The third-order valence-corrected chi connectivity index (χ3v) is 5.69. The van der Waals surface area contributed by atoms with Gasteiger partial charge in [0.2, 0.25) is 11.8 Å². The smallest absolute Gasteiger partial charge is 0.368 e. The summed E-state index contributed by atoms with van der Waals surface area (Å²) in [6.45, 7) is 0. The molecule has 0 saturated carbocycles. The normalized spacial score (nSPS) is 13.9. The fourth-order valence-electron chi connectivity index (χ4n) is 2.75. The molecule has 174 valence electrons. The lowest BCUT2D eigenvalue weighted by Crippen LogP contribution is -2.45. The number of carbonyl (C=O) groups excluding carboxylic acids is 2. The van der Waals surface area contributed by atoms with Crippen LogP contribution in [0.2, 0.25) is 0 Å². The highest BCUT2D eigenvalue weighted by Crippen LogP contribution is 2.36. The van der Waals surface area contributed by atoms with Crippen molar-refractivity contribution in [2.24, 2.45) is 5.73 Å². The number of hydrogen-bond acceptors (Lipinski definition) is 3. The SMILES string of the molecule is NC(=O)[C@@H](CC[S@](=O)c1ccccc1)NC(=O)Cc1cc(C(F)(F)F)cc(C(F)(F)F)c1. The minimum atomic E-state index is -5.05. The number of rotatable bonds is 8. The van der Waals surface area contributed by atoms with E-state index in [0.717, 1.165) is 0 Å². The van der Waals surface area contributed by atoms with E-state index in [1.807, 2.05) is 0 Å². The van der Waals surface area contributed by atoms with E-state index in [1.54, 1.807) is 30.3 Å². The Kier molecular flexibility index (Phi) is 8.05. The average Bonchev–Trinajstić information content (AvgIpc) is 2.69. The van der Waals surface area contributed by atoms with Crippen LogP contribution in [-0.4, -0.2) is 27.8 Å². The van der Waals surface area contributed by atoms with Gasteiger partial charge in [0.05, 0.1) is 28.3 Å². The van der Waals surface area contributed by atoms with Crippen molar-refractivity contribution < 1.29 is 40.1 Å². The predicted octanol–water partition coefficient (Wildman–Crippen LogP) is 3.43. The molecule has 32 heavy (non-hydrogen) atoms. The molecule has 0 saturated heterocycles. The molecule has 2 amide bonds. The van der Waals surface area contributed by atoms with E-state index in [9.17, 15) is 40.1 Å². The molecule has 2 rings (SSSR count). The number of carbonyl (C=O) groups is 2. The van der Waals surface area contributed by atoms with Gasteiger partial charge in [0.15, 0.2) is 0 Å². The molecule has 2 aromatic rings. The Morgan fingerprint density at radius 3 is 1.94 bits per heavy atom. The quantitative estimate of drug-likeness (QED) is 0.568. The average molecular weight is 480 g/mol. The Labute approximate surface area is 181 Å². The minimum absolute atomic E-state index is 0.0491. The van der Waals surface area contributed by atoms with E-state index < -0.39 is 64.1 Å². The first kappa shape index (κ1) is 25.4. The van der Waals surface area contributed by atoms with Gasteiger partial charge in [-0.3, -0.25) is 13.8 Å². The van der Waals surface area contributed by atoms with Crippen molar-refractivity contribution >= 4 is 22.6 Å². The highest BCUT2D eigenvalue weighted by molar-refractivity contribution is 7.85. The number of primary amides is 1. The van der Waals surface area contributed by atoms with Gasteiger partial charge in [0.1, 0.15) is 6.04 Å². The van der Waals surface area contributed by atoms with Crippen molar-refractivity contribution in [3.05, 3.63) is 65.2 Å². The first-order valence-corrected chi connectivity index (χ1v) is 10.4. The van der Waals surface area contributed by atoms with E-state index in [4.69, 9.17) is 5.73 Å². The van der Waals surface area contributed by atoms with Crippen molar-refractivity contribution in [1.29, 1.82) is 0 Å². The van der Waals surface area contributed by atoms with Crippen LogP contribution in [0.1, 0.15) is 23.1 Å². The molecule has 0 aromatic heterocycles. The summed E-state index contributed by atoms with van der Waals surface area (Å²) in [6.07, 6.45) is -11.1. The maximum absolute atomic E-state index is 12.9. The summed E-state index contributed by atoms with van der Waals surface area (Å²) >= 11 is 0. The van der Waals surface area contributed by atoms with Crippen molar-refractivity contribution in [1.82, 2.24) is 5.32 Å². The van der Waals surface area contributed by atoms with Gasteiger partial charge in [-0.25, -0.2) is 0 Å². The highest BCUT2D eigenvalue weighted by Gasteiger charge is 2.37. The fraction of sp³-hybridized carbons (Fsp3) is 0.300. The summed E-state index contributed by atoms with van der Waals surface area (Å²) in [5, 5.41) is 2.18. The second-order valence-corrected chi connectivity index (χ2v) is 8.34. The Morgan fingerprint density at radius 1 is 0.938 bits per heavy atom. The van der Waals surface area contributed by atoms with Crippen LogP contribution in [-0.2, 0) is 39.2 Å². The van der Waals surface area contributed by atoms with Gasteiger partial charge in [-0.1, -0.05) is 18.2 Å². The summed E-state index contributed by atoms with van der Waals surface area (Å²) in [7, 11) is -1.51. The zero-order valence-electron chi connectivity index (χ0n) is 16.3. The Balaban J connectivity index is 2.11. The second kappa shape index (κ2) is 10.2. The maximum Gasteiger partial charge on any atom is 0.416 e. The maximum atomic E-state index is 12.9. The number of amides is 2. The number of alkyl halides is 6. The van der Waals surface area contributed by atoms with Crippen LogP contribution in [0.3, 0.4) is 0 Å². The third kappa shape index (κ3) is 7.36. The van der Waals surface area contributed by atoms with Gasteiger partial charge in [-0.05, 0) is 42.3 Å². The number of benzene rings is 2. The van der Waals surface area contributed by atoms with Crippen LogP contribution < -0.4 is 11.1 Å². The second-order valence-electron chi connectivity index (χ2n) is 6.76. The van der Waals surface area contributed by atoms with Crippen LogP contribution in [0.15, 0.2) is 53.4 Å². The first-order chi connectivity index (χ1) is 14.8. The van der Waals surface area contributed by atoms with Crippen LogP contribution in [0.5, 0.6) is 0 Å². The molecule has 0 bridgehead atoms. The third-order valence-electron chi connectivity index (χ3n) is 4.29. The Bertz CT molecular complexity index is 961. The molecule has 0 unspecified atom stereocenters. The van der Waals surface area contributed by atoms with Crippen molar-refractivity contribution in [2.45, 2.75) is 36.1 Å². The molecule has 2 aromatic carbocycles. The van der Waals surface area contributed by atoms with Gasteiger partial charge in [0.25, 0.3) is 0 Å². The molecule has 2 atom stereocenters. The number of halogens is 6. The monoisotopic (exact) mass is 480 g/mol. The van der Waals surface area contributed by atoms with Gasteiger partial charge in [-0.2, -0.15) is 26.3 Å². The van der Waals surface area contributed by atoms with Crippen molar-refractivity contribution in [2.75, 3.05) is 5.75 Å². The summed E-state index contributed by atoms with van der Waals surface area (Å²) in [4.78, 5) is 24.3. The molecule has 0 aliphatic rings. The largest absolute Gasteiger partial charge is 0.416 e. The molecule has 3 N–H and O–H groups in total. The Hall–Kier alpha value is -2.89. The zero-order chi connectivity index (χ0) is 24.1. The number of hydrogen-bond donors (Lipinski definition) is 2. The molecule has 0 heterocycles. The lowest BCUT2D eigenvalue weighted by atomic mass is 10.0. The molecule has 0 fully saturated rings. The summed E-state index contributed by atoms with van der Waals surface area (Å²) in [5.41, 5.74) is 1.56. The molecular weight excluding hydrogens is 462 g/mol. The molecule has 0 radical (unpaired) electrons. The highest BCUT2D eigenvalue weighted by atomic mass is 32.2. The van der Waals surface area contributed by atoms with Gasteiger partial charge >= 0.3 is 12.4 Å². The van der Waals surface area contributed by atoms with Crippen LogP contribution in [0.4, 0.5) is 26.3 Å². The standard InChI is InChI=1S/C20H18F6N2O3S/c21-19(22,23)13-8-12(9-14(11-13)20(24,25)26)10-17(29)28-16(18(27)30)6-7-32(31)15-4-2-1-3-5-15/h1-5,8-9,11,16H,6-7,10H2,(H2,27,30)(H,28,29)/t16-,32+/m1/s1. The topological polar surface area (TPSA) is 89.3 Å². The van der Waals surface area contributed by atoms with Crippen LogP contribution in [0.25, 0.3) is 0 Å². The zero-order valence-corrected chi connectivity index (χ0v) is 17.1. The minimum Gasteiger partial charge on any atom is -0.368 e. The van der Waals surface area contributed by atoms with Crippen molar-refractivity contribution in [3.63, 3.8) is 0 Å². The van der Waals surface area contributed by atoms with E-state index in [1.165, 1.54) is 0 Å². The molecule has 5 nitrogen and oxygen atoms in total. The van der Waals surface area contributed by atoms with E-state index >= 15 is 0 Å². The predicted molar refractivity (Wildman–Crippen MR) is 104 cm³/mol. The van der Waals surface area contributed by atoms with E-state index in [-0.39, 0.29) is 18.2 Å². The van der Waals surface area contributed by atoms with Crippen LogP contribution in [0, 0.1) is 0 Å².